The Morgan fingerprint density at radius 3 is 1.79 bits per heavy atom. The molecule has 10 atom stereocenters. The Balaban J connectivity index is 0.00000133. The molecule has 0 saturated carbocycles. The van der Waals surface area contributed by atoms with Crippen molar-refractivity contribution in [3.8, 4) is 0 Å². The molecule has 1 unspecified atom stereocenters. The molecule has 9 N–H and O–H groups in total. The third-order valence-electron chi connectivity index (χ3n) is 3.98. The van der Waals surface area contributed by atoms with Crippen LogP contribution in [0.25, 0.3) is 0 Å². The quantitative estimate of drug-likeness (QED) is 0.189. The summed E-state index contributed by atoms with van der Waals surface area (Å²) in [6, 6.07) is 0. The summed E-state index contributed by atoms with van der Waals surface area (Å²) >= 11 is 0. The van der Waals surface area contributed by atoms with E-state index in [1.54, 1.807) is 0 Å². The largest absolute Gasteiger partial charge is 1.00 e. The van der Waals surface area contributed by atoms with Gasteiger partial charge in [0, 0.05) is 0 Å². The van der Waals surface area contributed by atoms with Gasteiger partial charge in [-0.05, 0) is 0 Å². The smallest absolute Gasteiger partial charge is 0.565 e. The Kier molecular flexibility index (Phi) is 12.4. The van der Waals surface area contributed by atoms with Gasteiger partial charge in [-0.2, -0.15) is 0 Å². The molecule has 0 aliphatic carbocycles. The first-order valence-corrected chi connectivity index (χ1v) is 7.71. The van der Waals surface area contributed by atoms with E-state index in [0.717, 1.165) is 0 Å². The molecule has 2 aliphatic heterocycles. The maximum atomic E-state index is 9.94. The molecule has 160 valence electrons. The predicted octanol–water partition coefficient (Wildman–Crippen LogP) is -9.51. The molecule has 0 aromatic carbocycles. The van der Waals surface area contributed by atoms with Crippen LogP contribution in [0, 0.1) is 0 Å². The number of hydrogen-bond donors (Lipinski definition) is 9. The van der Waals surface area contributed by atoms with Gasteiger partial charge in [0.2, 0.25) is 6.16 Å². The Labute approximate surface area is 180 Å². The standard InChI is InChI=1S/C12H22O11.CH2O3.Na/c13-1-3-5(15)6(16)9(19)12(22-3)23-10-4(2-14)21-11(20)8(18)7(10)17;2-1(3)4;/h3-20H,1-2H2;(H2,2,3,4);/q;;+1/p-1/t3-,4-,5+,6+,7-,8-,9-,10-,11?,12+;;/m1../s1. The molecule has 0 aromatic rings. The molecular formula is C13H23NaO14. The fourth-order valence-electron chi connectivity index (χ4n) is 2.57. The average molecular weight is 426 g/mol. The maximum absolute atomic E-state index is 9.94. The minimum Gasteiger partial charge on any atom is -0.565 e. The normalized spacial score (nSPS) is 43.3. The van der Waals surface area contributed by atoms with Gasteiger partial charge >= 0.3 is 29.6 Å². The summed E-state index contributed by atoms with van der Waals surface area (Å²) in [5, 5.41) is 91.8. The van der Waals surface area contributed by atoms with Crippen LogP contribution in [0.4, 0.5) is 4.79 Å². The van der Waals surface area contributed by atoms with Crippen molar-refractivity contribution in [1.82, 2.24) is 0 Å². The van der Waals surface area contributed by atoms with E-state index in [2.05, 4.69) is 0 Å². The third kappa shape index (κ3) is 6.96. The van der Waals surface area contributed by atoms with Gasteiger partial charge in [0.1, 0.15) is 48.8 Å². The first kappa shape index (κ1) is 27.8. The second-order valence-electron chi connectivity index (χ2n) is 5.79. The molecule has 0 radical (unpaired) electrons. The van der Waals surface area contributed by atoms with E-state index in [1.807, 2.05) is 0 Å². The summed E-state index contributed by atoms with van der Waals surface area (Å²) in [4.78, 5) is 8.44. The number of rotatable bonds is 4. The van der Waals surface area contributed by atoms with Crippen molar-refractivity contribution >= 4 is 6.16 Å². The number of hydrogen-bond acceptors (Lipinski definition) is 13. The molecule has 14 nitrogen and oxygen atoms in total. The average Bonchev–Trinajstić information content (AvgIpc) is 2.61. The molecule has 2 heterocycles. The van der Waals surface area contributed by atoms with E-state index >= 15 is 0 Å². The fourth-order valence-corrected chi connectivity index (χ4v) is 2.57. The molecule has 0 spiro atoms. The van der Waals surface area contributed by atoms with E-state index in [0.29, 0.717) is 0 Å². The SMILES string of the molecule is O=C([O-])O.OC[C@H]1O[C@@H](O[C@H]2[C@H](O)[C@@H](O)C(O)O[C@@H]2CO)[C@H](O)[C@@H](O)[C@H]1O.[Na+]. The van der Waals surface area contributed by atoms with Crippen LogP contribution in [0.3, 0.4) is 0 Å². The Bertz CT molecular complexity index is 461. The van der Waals surface area contributed by atoms with Crippen molar-refractivity contribution in [3.05, 3.63) is 0 Å². The topological polar surface area (TPSA) is 250 Å². The number of aliphatic hydroxyl groups excluding tert-OH is 8. The predicted molar refractivity (Wildman–Crippen MR) is 76.6 cm³/mol. The minimum atomic E-state index is -2.08. The summed E-state index contributed by atoms with van der Waals surface area (Å²) in [5.74, 6) is 0. The number of carbonyl (C=O) groups is 1. The van der Waals surface area contributed by atoms with E-state index in [1.165, 1.54) is 0 Å². The van der Waals surface area contributed by atoms with Crippen molar-refractivity contribution in [2.45, 2.75) is 61.4 Å². The Hall–Kier alpha value is -0.170. The molecule has 0 amide bonds. The minimum absolute atomic E-state index is 0. The van der Waals surface area contributed by atoms with E-state index in [4.69, 9.17) is 34.3 Å². The van der Waals surface area contributed by atoms with Gasteiger partial charge in [-0.3, -0.25) is 0 Å². The number of carboxylic acid groups (broad SMARTS) is 2. The van der Waals surface area contributed by atoms with Gasteiger partial charge in [-0.15, -0.1) is 0 Å². The van der Waals surface area contributed by atoms with Crippen LogP contribution in [0.1, 0.15) is 0 Å². The monoisotopic (exact) mass is 426 g/mol. The molecule has 0 aromatic heterocycles. The van der Waals surface area contributed by atoms with Crippen LogP contribution < -0.4 is 34.7 Å². The molecule has 2 saturated heterocycles. The van der Waals surface area contributed by atoms with Crippen molar-refractivity contribution in [1.29, 1.82) is 0 Å². The third-order valence-corrected chi connectivity index (χ3v) is 3.98. The second-order valence-corrected chi connectivity index (χ2v) is 5.79. The molecule has 2 fully saturated rings. The zero-order valence-electron chi connectivity index (χ0n) is 14.8. The first-order valence-electron chi connectivity index (χ1n) is 7.71. The Morgan fingerprint density at radius 1 is 0.821 bits per heavy atom. The molecule has 28 heavy (non-hydrogen) atoms. The van der Waals surface area contributed by atoms with Gasteiger partial charge in [-0.25, -0.2) is 0 Å². The van der Waals surface area contributed by atoms with Crippen LogP contribution >= 0.6 is 0 Å². The zero-order chi connectivity index (χ0) is 20.9. The van der Waals surface area contributed by atoms with Crippen LogP contribution in [-0.4, -0.2) is 127 Å². The van der Waals surface area contributed by atoms with Crippen LogP contribution in [0.2, 0.25) is 0 Å². The van der Waals surface area contributed by atoms with Crippen molar-refractivity contribution < 1.29 is 99.6 Å². The van der Waals surface area contributed by atoms with Gasteiger partial charge in [0.25, 0.3) is 0 Å². The second kappa shape index (κ2) is 12.5. The summed E-state index contributed by atoms with van der Waals surface area (Å²) < 4.78 is 15.3. The van der Waals surface area contributed by atoms with E-state index in [9.17, 15) is 35.7 Å². The molecule has 15 heteroatoms. The molecule has 2 rings (SSSR count). The zero-order valence-corrected chi connectivity index (χ0v) is 16.8. The van der Waals surface area contributed by atoms with Gasteiger partial charge < -0.3 is 70.1 Å². The number of ether oxygens (including phenoxy) is 3. The number of aliphatic hydroxyl groups is 8. The molecular weight excluding hydrogens is 403 g/mol. The van der Waals surface area contributed by atoms with Crippen molar-refractivity contribution in [2.75, 3.05) is 13.2 Å². The van der Waals surface area contributed by atoms with Crippen molar-refractivity contribution in [2.24, 2.45) is 0 Å². The summed E-state index contributed by atoms with van der Waals surface area (Å²) in [5.41, 5.74) is 0. The summed E-state index contributed by atoms with van der Waals surface area (Å²) in [6.07, 6.45) is -17.7. The maximum Gasteiger partial charge on any atom is 1.00 e. The summed E-state index contributed by atoms with van der Waals surface area (Å²) in [7, 11) is 0. The van der Waals surface area contributed by atoms with Crippen LogP contribution in [0.5, 0.6) is 0 Å². The Morgan fingerprint density at radius 2 is 1.32 bits per heavy atom. The molecule has 0 bridgehead atoms. The van der Waals surface area contributed by atoms with Gasteiger partial charge in [0.15, 0.2) is 12.6 Å². The first-order chi connectivity index (χ1) is 12.5. The van der Waals surface area contributed by atoms with Gasteiger partial charge in [-0.1, -0.05) is 0 Å². The fraction of sp³-hybridized carbons (Fsp3) is 0.923. The molecule has 2 aliphatic rings. The van der Waals surface area contributed by atoms with Crippen molar-refractivity contribution in [3.63, 3.8) is 0 Å². The summed E-state index contributed by atoms with van der Waals surface area (Å²) in [6.45, 7) is -1.35. The van der Waals surface area contributed by atoms with E-state index in [-0.39, 0.29) is 29.6 Å². The van der Waals surface area contributed by atoms with Gasteiger partial charge in [0.05, 0.1) is 13.2 Å². The van der Waals surface area contributed by atoms with Crippen LogP contribution in [-0.2, 0) is 14.2 Å². The van der Waals surface area contributed by atoms with E-state index < -0.39 is 80.8 Å². The van der Waals surface area contributed by atoms with Crippen LogP contribution in [0.15, 0.2) is 0 Å².